The molecule has 1 atom stereocenters. The summed E-state index contributed by atoms with van der Waals surface area (Å²) in [7, 11) is 1.51. The Labute approximate surface area is 163 Å². The number of carbonyl (C=O) groups excluding carboxylic acids is 2. The van der Waals surface area contributed by atoms with E-state index in [9.17, 15) is 14.7 Å². The Morgan fingerprint density at radius 1 is 1.21 bits per heavy atom. The van der Waals surface area contributed by atoms with Crippen LogP contribution in [-0.4, -0.2) is 48.6 Å². The van der Waals surface area contributed by atoms with Crippen molar-refractivity contribution in [2.75, 3.05) is 26.9 Å². The highest BCUT2D eigenvalue weighted by molar-refractivity contribution is 6.46. The number of furan rings is 1. The summed E-state index contributed by atoms with van der Waals surface area (Å²) in [6, 6.07) is 9.33. The molecule has 0 radical (unpaired) electrons. The van der Waals surface area contributed by atoms with Crippen LogP contribution in [0.1, 0.15) is 30.7 Å². The number of rotatable bonds is 8. The quantitative estimate of drug-likeness (QED) is 0.427. The SMILES string of the molecule is CCCOc1cccc(C(O)=C2C(=O)C(=O)N(CCOC)[C@H]2c2ccco2)c1. The molecular formula is C21H23NO6. The molecule has 1 N–H and O–H groups in total. The third-order valence-electron chi connectivity index (χ3n) is 4.47. The van der Waals surface area contributed by atoms with Crippen molar-refractivity contribution < 1.29 is 28.6 Å². The smallest absolute Gasteiger partial charge is 0.295 e. The van der Waals surface area contributed by atoms with Gasteiger partial charge in [-0.3, -0.25) is 9.59 Å². The van der Waals surface area contributed by atoms with E-state index in [2.05, 4.69) is 0 Å². The van der Waals surface area contributed by atoms with Crippen LogP contribution in [-0.2, 0) is 14.3 Å². The van der Waals surface area contributed by atoms with Crippen molar-refractivity contribution in [2.24, 2.45) is 0 Å². The highest BCUT2D eigenvalue weighted by Gasteiger charge is 2.47. The summed E-state index contributed by atoms with van der Waals surface area (Å²) < 4.78 is 16.1. The van der Waals surface area contributed by atoms with E-state index in [0.29, 0.717) is 23.7 Å². The van der Waals surface area contributed by atoms with Crippen LogP contribution in [0.25, 0.3) is 5.76 Å². The van der Waals surface area contributed by atoms with Crippen molar-refractivity contribution in [1.29, 1.82) is 0 Å². The standard InChI is InChI=1S/C21H23NO6/c1-3-10-27-15-7-4-6-14(13-15)19(23)17-18(16-8-5-11-28-16)22(9-12-26-2)21(25)20(17)24/h4-8,11,13,18,23H,3,9-10,12H2,1-2H3/t18-/m0/s1. The topological polar surface area (TPSA) is 89.2 Å². The molecule has 1 aromatic carbocycles. The normalized spacial score (nSPS) is 18.6. The molecule has 1 aliphatic rings. The minimum Gasteiger partial charge on any atom is -0.507 e. The molecule has 1 fully saturated rings. The fourth-order valence-electron chi connectivity index (χ4n) is 3.15. The van der Waals surface area contributed by atoms with Crippen LogP contribution in [0.15, 0.2) is 52.7 Å². The summed E-state index contributed by atoms with van der Waals surface area (Å²) in [5, 5.41) is 10.9. The van der Waals surface area contributed by atoms with Crippen LogP contribution in [0.3, 0.4) is 0 Å². The first-order valence-electron chi connectivity index (χ1n) is 9.12. The number of amides is 1. The van der Waals surface area contributed by atoms with E-state index in [1.54, 1.807) is 36.4 Å². The molecular weight excluding hydrogens is 362 g/mol. The van der Waals surface area contributed by atoms with Gasteiger partial charge in [0.15, 0.2) is 0 Å². The van der Waals surface area contributed by atoms with Gasteiger partial charge in [0, 0.05) is 19.2 Å². The van der Waals surface area contributed by atoms with Crippen molar-refractivity contribution in [3.8, 4) is 5.75 Å². The van der Waals surface area contributed by atoms with Gasteiger partial charge in [-0.25, -0.2) is 0 Å². The second kappa shape index (κ2) is 8.75. The molecule has 0 spiro atoms. The van der Waals surface area contributed by atoms with Crippen LogP contribution < -0.4 is 4.74 Å². The summed E-state index contributed by atoms with van der Waals surface area (Å²) in [5.74, 6) is -0.737. The van der Waals surface area contributed by atoms with Crippen molar-refractivity contribution in [3.63, 3.8) is 0 Å². The molecule has 0 saturated carbocycles. The maximum absolute atomic E-state index is 12.7. The van der Waals surface area contributed by atoms with Crippen LogP contribution in [0.4, 0.5) is 0 Å². The molecule has 7 heteroatoms. The number of likely N-dealkylation sites (tertiary alicyclic amines) is 1. The van der Waals surface area contributed by atoms with Crippen molar-refractivity contribution in [3.05, 3.63) is 59.6 Å². The highest BCUT2D eigenvalue weighted by atomic mass is 16.5. The fraction of sp³-hybridized carbons (Fsp3) is 0.333. The summed E-state index contributed by atoms with van der Waals surface area (Å²) in [5.41, 5.74) is 0.388. The van der Waals surface area contributed by atoms with Crippen LogP contribution in [0.5, 0.6) is 5.75 Å². The number of carbonyl (C=O) groups is 2. The van der Waals surface area contributed by atoms with Gasteiger partial charge in [0.2, 0.25) is 0 Å². The van der Waals surface area contributed by atoms with Crippen LogP contribution >= 0.6 is 0 Å². The Kier molecular flexibility index (Phi) is 6.16. The lowest BCUT2D eigenvalue weighted by Gasteiger charge is -2.22. The Morgan fingerprint density at radius 3 is 2.71 bits per heavy atom. The number of methoxy groups -OCH3 is 1. The van der Waals surface area contributed by atoms with Gasteiger partial charge < -0.3 is 23.9 Å². The van der Waals surface area contributed by atoms with Gasteiger partial charge in [0.1, 0.15) is 23.3 Å². The molecule has 1 saturated heterocycles. The molecule has 2 heterocycles. The molecule has 0 aliphatic carbocycles. The summed E-state index contributed by atoms with van der Waals surface area (Å²) in [6.45, 7) is 2.99. The molecule has 1 aromatic heterocycles. The van der Waals surface area contributed by atoms with E-state index in [-0.39, 0.29) is 24.5 Å². The first kappa shape index (κ1) is 19.7. The average molecular weight is 385 g/mol. The Bertz CT molecular complexity index is 871. The third-order valence-corrected chi connectivity index (χ3v) is 4.47. The van der Waals surface area contributed by atoms with Gasteiger partial charge in [-0.2, -0.15) is 0 Å². The zero-order valence-electron chi connectivity index (χ0n) is 15.9. The second-order valence-electron chi connectivity index (χ2n) is 6.38. The zero-order valence-corrected chi connectivity index (χ0v) is 15.9. The largest absolute Gasteiger partial charge is 0.507 e. The van der Waals surface area contributed by atoms with Crippen molar-refractivity contribution in [1.82, 2.24) is 4.90 Å². The molecule has 3 rings (SSSR count). The lowest BCUT2D eigenvalue weighted by Crippen LogP contribution is -2.32. The monoisotopic (exact) mass is 385 g/mol. The first-order chi connectivity index (χ1) is 13.6. The minimum atomic E-state index is -0.814. The number of aliphatic hydroxyl groups excluding tert-OH is 1. The maximum Gasteiger partial charge on any atom is 0.295 e. The fourth-order valence-corrected chi connectivity index (χ4v) is 3.15. The van der Waals surface area contributed by atoms with E-state index in [1.807, 2.05) is 6.92 Å². The number of nitrogens with zero attached hydrogens (tertiary/aromatic N) is 1. The predicted molar refractivity (Wildman–Crippen MR) is 102 cm³/mol. The Hall–Kier alpha value is -3.06. The Balaban J connectivity index is 2.06. The number of hydrogen-bond acceptors (Lipinski definition) is 6. The zero-order chi connectivity index (χ0) is 20.1. The summed E-state index contributed by atoms with van der Waals surface area (Å²) in [6.07, 6.45) is 2.31. The van der Waals surface area contributed by atoms with Crippen molar-refractivity contribution in [2.45, 2.75) is 19.4 Å². The summed E-state index contributed by atoms with van der Waals surface area (Å²) in [4.78, 5) is 26.7. The number of hydrogen-bond donors (Lipinski definition) is 1. The van der Waals surface area contributed by atoms with Gasteiger partial charge in [-0.15, -0.1) is 0 Å². The molecule has 2 aromatic rings. The lowest BCUT2D eigenvalue weighted by atomic mass is 9.99. The van der Waals surface area contributed by atoms with Crippen molar-refractivity contribution >= 4 is 17.4 Å². The number of ketones is 1. The van der Waals surface area contributed by atoms with E-state index >= 15 is 0 Å². The highest BCUT2D eigenvalue weighted by Crippen LogP contribution is 2.39. The van der Waals surface area contributed by atoms with E-state index in [1.165, 1.54) is 18.3 Å². The maximum atomic E-state index is 12.7. The first-order valence-corrected chi connectivity index (χ1v) is 9.12. The van der Waals surface area contributed by atoms with Gasteiger partial charge in [-0.05, 0) is 30.7 Å². The molecule has 0 bridgehead atoms. The molecule has 28 heavy (non-hydrogen) atoms. The van der Waals surface area contributed by atoms with Gasteiger partial charge in [-0.1, -0.05) is 19.1 Å². The second-order valence-corrected chi connectivity index (χ2v) is 6.38. The number of Topliss-reactive ketones (excluding diaryl/α,β-unsaturated/α-hetero) is 1. The molecule has 148 valence electrons. The lowest BCUT2D eigenvalue weighted by molar-refractivity contribution is -0.140. The third kappa shape index (κ3) is 3.80. The van der Waals surface area contributed by atoms with Gasteiger partial charge in [0.05, 0.1) is 25.1 Å². The molecule has 0 unspecified atom stereocenters. The summed E-state index contributed by atoms with van der Waals surface area (Å²) >= 11 is 0. The van der Waals surface area contributed by atoms with Crippen LogP contribution in [0.2, 0.25) is 0 Å². The molecule has 7 nitrogen and oxygen atoms in total. The number of ether oxygens (including phenoxy) is 2. The van der Waals surface area contributed by atoms with E-state index < -0.39 is 17.7 Å². The Morgan fingerprint density at radius 2 is 2.04 bits per heavy atom. The molecule has 1 amide bonds. The molecule has 1 aliphatic heterocycles. The van der Waals surface area contributed by atoms with E-state index in [0.717, 1.165) is 6.42 Å². The number of benzene rings is 1. The van der Waals surface area contributed by atoms with Crippen LogP contribution in [0, 0.1) is 0 Å². The minimum absolute atomic E-state index is 0.0105. The average Bonchev–Trinajstić information content (AvgIpc) is 3.32. The predicted octanol–water partition coefficient (Wildman–Crippen LogP) is 3.14. The number of aliphatic hydroxyl groups is 1. The van der Waals surface area contributed by atoms with Gasteiger partial charge in [0.25, 0.3) is 11.7 Å². The van der Waals surface area contributed by atoms with E-state index in [4.69, 9.17) is 13.9 Å². The van der Waals surface area contributed by atoms with Gasteiger partial charge >= 0.3 is 0 Å².